The summed E-state index contributed by atoms with van der Waals surface area (Å²) in [5, 5.41) is 0. The lowest BCUT2D eigenvalue weighted by Gasteiger charge is -2.12. The minimum atomic E-state index is -0.643. The van der Waals surface area contributed by atoms with Gasteiger partial charge in [0.25, 0.3) is 0 Å². The quantitative estimate of drug-likeness (QED) is 0.0792. The second-order valence-corrected chi connectivity index (χ2v) is 11.0. The van der Waals surface area contributed by atoms with Crippen LogP contribution in [0.4, 0.5) is 0 Å². The third-order valence-electron chi connectivity index (χ3n) is 7.27. The number of unbranched alkanes of at least 4 members (excludes halogenated alkanes) is 8. The minimum Gasteiger partial charge on any atom is -0.427 e. The standard InChI is InChI=1S/C37H44O8/c1-4-6-8-10-12-17-34(38)42-28-19-23-30(24-20-28)44-36(40)32-15-14-16-33(27(32)3)37(41)45-31-25-21-29(22-26-31)43-35(39)18-13-11-9-7-5-2/h14-16,19-26H,4-13,17-18H2,1-3H3. The van der Waals surface area contributed by atoms with E-state index in [4.69, 9.17) is 18.9 Å². The lowest BCUT2D eigenvalue weighted by atomic mass is 10.0. The zero-order valence-corrected chi connectivity index (χ0v) is 26.6. The molecule has 3 rings (SSSR count). The number of rotatable bonds is 18. The summed E-state index contributed by atoms with van der Waals surface area (Å²) in [6, 6.07) is 17.2. The summed E-state index contributed by atoms with van der Waals surface area (Å²) in [6.45, 7) is 5.93. The summed E-state index contributed by atoms with van der Waals surface area (Å²) >= 11 is 0. The molecule has 0 saturated heterocycles. The maximum atomic E-state index is 13.0. The lowest BCUT2D eigenvalue weighted by Crippen LogP contribution is -2.15. The van der Waals surface area contributed by atoms with Crippen molar-refractivity contribution < 1.29 is 38.1 Å². The first kappa shape index (κ1) is 35.0. The normalized spacial score (nSPS) is 10.6. The Balaban J connectivity index is 1.51. The molecular formula is C37H44O8. The largest absolute Gasteiger partial charge is 0.427 e. The highest BCUT2D eigenvalue weighted by molar-refractivity contribution is 5.99. The molecule has 0 aliphatic rings. The van der Waals surface area contributed by atoms with E-state index in [2.05, 4.69) is 13.8 Å². The first-order valence-corrected chi connectivity index (χ1v) is 16.0. The van der Waals surface area contributed by atoms with Crippen LogP contribution in [-0.4, -0.2) is 23.9 Å². The number of carbonyl (C=O) groups excluding carboxylic acids is 4. The zero-order chi connectivity index (χ0) is 32.4. The molecule has 0 N–H and O–H groups in total. The van der Waals surface area contributed by atoms with E-state index < -0.39 is 11.9 Å². The van der Waals surface area contributed by atoms with Crippen LogP contribution >= 0.6 is 0 Å². The van der Waals surface area contributed by atoms with Gasteiger partial charge >= 0.3 is 23.9 Å². The zero-order valence-electron chi connectivity index (χ0n) is 26.6. The molecule has 0 fully saturated rings. The van der Waals surface area contributed by atoms with Crippen molar-refractivity contribution >= 4 is 23.9 Å². The summed E-state index contributed by atoms with van der Waals surface area (Å²) in [7, 11) is 0. The fourth-order valence-corrected chi connectivity index (χ4v) is 4.66. The molecule has 0 amide bonds. The van der Waals surface area contributed by atoms with Gasteiger partial charge in [0.2, 0.25) is 0 Å². The van der Waals surface area contributed by atoms with Gasteiger partial charge in [0.15, 0.2) is 0 Å². The Bertz CT molecular complexity index is 1290. The molecule has 0 atom stereocenters. The van der Waals surface area contributed by atoms with Crippen molar-refractivity contribution in [3.8, 4) is 23.0 Å². The predicted molar refractivity (Wildman–Crippen MR) is 172 cm³/mol. The molecule has 45 heavy (non-hydrogen) atoms. The SMILES string of the molecule is CCCCCCCC(=O)Oc1ccc(OC(=O)c2cccc(C(=O)Oc3ccc(OC(=O)CCCCCCC)cc3)c2C)cc1. The molecule has 0 aliphatic carbocycles. The third-order valence-corrected chi connectivity index (χ3v) is 7.27. The van der Waals surface area contributed by atoms with Gasteiger partial charge < -0.3 is 18.9 Å². The van der Waals surface area contributed by atoms with Crippen LogP contribution in [0.2, 0.25) is 0 Å². The third kappa shape index (κ3) is 12.2. The molecule has 0 unspecified atom stereocenters. The van der Waals surface area contributed by atoms with Gasteiger partial charge in [-0.3, -0.25) is 9.59 Å². The van der Waals surface area contributed by atoms with Gasteiger partial charge in [-0.05, 0) is 86.0 Å². The smallest absolute Gasteiger partial charge is 0.343 e. The van der Waals surface area contributed by atoms with Crippen molar-refractivity contribution in [1.82, 2.24) is 0 Å². The summed E-state index contributed by atoms with van der Waals surface area (Å²) in [5.41, 5.74) is 0.821. The van der Waals surface area contributed by atoms with E-state index in [-0.39, 0.29) is 34.6 Å². The van der Waals surface area contributed by atoms with Crippen molar-refractivity contribution in [1.29, 1.82) is 0 Å². The average Bonchev–Trinajstić information content (AvgIpc) is 3.02. The molecule has 0 saturated carbocycles. The van der Waals surface area contributed by atoms with E-state index in [0.29, 0.717) is 29.9 Å². The van der Waals surface area contributed by atoms with Gasteiger partial charge in [0.05, 0.1) is 11.1 Å². The highest BCUT2D eigenvalue weighted by Crippen LogP contribution is 2.24. The number of esters is 4. The van der Waals surface area contributed by atoms with E-state index in [1.807, 2.05) is 0 Å². The van der Waals surface area contributed by atoms with Crippen LogP contribution in [0.25, 0.3) is 0 Å². The van der Waals surface area contributed by atoms with Crippen molar-refractivity contribution in [2.45, 2.75) is 97.8 Å². The van der Waals surface area contributed by atoms with Crippen LogP contribution in [0.15, 0.2) is 66.7 Å². The van der Waals surface area contributed by atoms with E-state index in [1.54, 1.807) is 73.7 Å². The van der Waals surface area contributed by atoms with Crippen molar-refractivity contribution in [3.05, 3.63) is 83.4 Å². The molecule has 8 heteroatoms. The summed E-state index contributed by atoms with van der Waals surface area (Å²) in [6.07, 6.45) is 11.2. The van der Waals surface area contributed by atoms with Gasteiger partial charge in [-0.15, -0.1) is 0 Å². The van der Waals surface area contributed by atoms with Crippen LogP contribution in [-0.2, 0) is 9.59 Å². The van der Waals surface area contributed by atoms with Crippen LogP contribution in [0.1, 0.15) is 117 Å². The first-order valence-electron chi connectivity index (χ1n) is 16.0. The Labute approximate surface area is 266 Å². The summed E-state index contributed by atoms with van der Waals surface area (Å²) < 4.78 is 21.8. The second-order valence-electron chi connectivity index (χ2n) is 11.0. The maximum Gasteiger partial charge on any atom is 0.343 e. The summed E-state index contributed by atoms with van der Waals surface area (Å²) in [5.74, 6) is -0.590. The molecule has 240 valence electrons. The van der Waals surface area contributed by atoms with Gasteiger partial charge in [-0.2, -0.15) is 0 Å². The summed E-state index contributed by atoms with van der Waals surface area (Å²) in [4.78, 5) is 50.1. The van der Waals surface area contributed by atoms with Crippen molar-refractivity contribution in [3.63, 3.8) is 0 Å². The average molecular weight is 617 g/mol. The van der Waals surface area contributed by atoms with Crippen molar-refractivity contribution in [2.75, 3.05) is 0 Å². The van der Waals surface area contributed by atoms with Crippen LogP contribution in [0.5, 0.6) is 23.0 Å². The van der Waals surface area contributed by atoms with Gasteiger partial charge in [-0.25, -0.2) is 9.59 Å². The first-order chi connectivity index (χ1) is 21.8. The van der Waals surface area contributed by atoms with Gasteiger partial charge in [0, 0.05) is 12.8 Å². The minimum absolute atomic E-state index is 0.208. The maximum absolute atomic E-state index is 13.0. The molecule has 3 aromatic rings. The number of hydrogen-bond donors (Lipinski definition) is 0. The Hall–Kier alpha value is -4.46. The Kier molecular flexibility index (Phi) is 14.8. The molecule has 8 nitrogen and oxygen atoms in total. The van der Waals surface area contributed by atoms with Crippen LogP contribution in [0.3, 0.4) is 0 Å². The number of benzene rings is 3. The molecule has 0 aliphatic heterocycles. The van der Waals surface area contributed by atoms with Gasteiger partial charge in [0.1, 0.15) is 23.0 Å². The Morgan fingerprint density at radius 2 is 0.800 bits per heavy atom. The lowest BCUT2D eigenvalue weighted by molar-refractivity contribution is -0.135. The molecular weight excluding hydrogens is 572 g/mol. The molecule has 3 aromatic carbocycles. The fraction of sp³-hybridized carbons (Fsp3) is 0.405. The van der Waals surface area contributed by atoms with Crippen LogP contribution in [0, 0.1) is 6.92 Å². The predicted octanol–water partition coefficient (Wildman–Crippen LogP) is 8.97. The number of ether oxygens (including phenoxy) is 4. The van der Waals surface area contributed by atoms with Crippen LogP contribution < -0.4 is 18.9 Å². The number of carbonyl (C=O) groups is 4. The molecule has 0 bridgehead atoms. The fourth-order valence-electron chi connectivity index (χ4n) is 4.66. The van der Waals surface area contributed by atoms with E-state index >= 15 is 0 Å². The van der Waals surface area contributed by atoms with Crippen molar-refractivity contribution in [2.24, 2.45) is 0 Å². The number of hydrogen-bond acceptors (Lipinski definition) is 8. The molecule has 0 radical (unpaired) electrons. The monoisotopic (exact) mass is 616 g/mol. The second kappa shape index (κ2) is 19.0. The molecule has 0 aromatic heterocycles. The Morgan fingerprint density at radius 1 is 0.467 bits per heavy atom. The Morgan fingerprint density at radius 3 is 1.16 bits per heavy atom. The highest BCUT2D eigenvalue weighted by atomic mass is 16.5. The van der Waals surface area contributed by atoms with E-state index in [9.17, 15) is 19.2 Å². The highest BCUT2D eigenvalue weighted by Gasteiger charge is 2.19. The molecule has 0 heterocycles. The van der Waals surface area contributed by atoms with Gasteiger partial charge in [-0.1, -0.05) is 71.3 Å². The van der Waals surface area contributed by atoms with E-state index in [1.165, 1.54) is 0 Å². The molecule has 0 spiro atoms. The topological polar surface area (TPSA) is 105 Å². The van der Waals surface area contributed by atoms with E-state index in [0.717, 1.165) is 64.2 Å².